The molecule has 6 heavy (non-hydrogen) atoms. The minimum absolute atomic E-state index is 0.216. The molecule has 0 spiro atoms. The van der Waals surface area contributed by atoms with E-state index in [0.29, 0.717) is 0 Å². The molecule has 1 aromatic rings. The molecule has 0 atom stereocenters. The number of hydrogen-bond donors (Lipinski definition) is 0. The van der Waals surface area contributed by atoms with Crippen molar-refractivity contribution in [3.05, 3.63) is 22.9 Å². The maximum Gasteiger partial charge on any atom is 0.233 e. The first-order valence-electron chi connectivity index (χ1n) is 1.73. The highest BCUT2D eigenvalue weighted by Crippen LogP contribution is 2.06. The molecule has 0 saturated carbocycles. The van der Waals surface area contributed by atoms with E-state index >= 15 is 0 Å². The van der Waals surface area contributed by atoms with E-state index in [-0.39, 0.29) is 10.5 Å². The molecule has 0 aliphatic rings. The molecule has 1 heteroatoms. The monoisotopic (exact) mass is 97.0 g/mol. The highest BCUT2D eigenvalue weighted by Gasteiger charge is 1.88. The van der Waals surface area contributed by atoms with Crippen LogP contribution in [0.2, 0.25) is 0 Å². The van der Waals surface area contributed by atoms with Crippen LogP contribution in [0.25, 0.3) is 0 Å². The van der Waals surface area contributed by atoms with Crippen LogP contribution in [0, 0.1) is 10.8 Å². The van der Waals surface area contributed by atoms with Crippen LogP contribution < -0.4 is 0 Å². The smallest absolute Gasteiger partial charge is 0.000178 e. The van der Waals surface area contributed by atoms with Crippen LogP contribution in [0.15, 0.2) is 12.1 Å². The van der Waals surface area contributed by atoms with E-state index in [4.69, 9.17) is 0 Å². The topological polar surface area (TPSA) is 0 Å². The van der Waals surface area contributed by atoms with Gasteiger partial charge in [0.25, 0.3) is 0 Å². The molecular formula is C5H5S+. The molecular weight excluding hydrogens is 92.1 g/mol. The lowest BCUT2D eigenvalue weighted by atomic mass is 10.7. The van der Waals surface area contributed by atoms with Crippen LogP contribution in [0.4, 0.5) is 0 Å². The molecule has 30 valence electrons. The van der Waals surface area contributed by atoms with Gasteiger partial charge in [-0.05, 0) is 10.5 Å². The molecule has 1 rings (SSSR count). The second kappa shape index (κ2) is 1.43. The van der Waals surface area contributed by atoms with E-state index in [9.17, 15) is 0 Å². The lowest BCUT2D eigenvalue weighted by Gasteiger charge is -1.52. The van der Waals surface area contributed by atoms with E-state index in [2.05, 4.69) is 17.0 Å². The summed E-state index contributed by atoms with van der Waals surface area (Å²) in [5, 5.41) is 6.11. The maximum absolute atomic E-state index is 3.06. The molecule has 2 radical (unpaired) electrons. The summed E-state index contributed by atoms with van der Waals surface area (Å²) in [5.41, 5.74) is 0. The summed E-state index contributed by atoms with van der Waals surface area (Å²) in [6.07, 6.45) is 2.08. The Morgan fingerprint density at radius 2 is 1.83 bits per heavy atom. The molecule has 0 bridgehead atoms. The third-order valence-corrected chi connectivity index (χ3v) is 1.55. The second-order valence-corrected chi connectivity index (χ2v) is 2.57. The van der Waals surface area contributed by atoms with Crippen molar-refractivity contribution in [3.8, 4) is 0 Å². The Balaban J connectivity index is 3.05. The Labute approximate surface area is 40.4 Å². The van der Waals surface area contributed by atoms with Crippen LogP contribution >= 0.6 is 10.5 Å². The van der Waals surface area contributed by atoms with Gasteiger partial charge in [0.2, 0.25) is 10.8 Å². The average molecular weight is 97.2 g/mol. The predicted octanol–water partition coefficient (Wildman–Crippen LogP) is 1.57. The van der Waals surface area contributed by atoms with Gasteiger partial charge in [-0.2, -0.15) is 0 Å². The van der Waals surface area contributed by atoms with Crippen LogP contribution in [-0.4, -0.2) is 0 Å². The Morgan fingerprint density at radius 1 is 1.33 bits per heavy atom. The third-order valence-electron chi connectivity index (χ3n) is 0.573. The van der Waals surface area contributed by atoms with Gasteiger partial charge in [-0.15, -0.1) is 0 Å². The van der Waals surface area contributed by atoms with Crippen molar-refractivity contribution in [2.24, 2.45) is 6.26 Å². The summed E-state index contributed by atoms with van der Waals surface area (Å²) < 4.78 is 0. The fourth-order valence-electron chi connectivity index (χ4n) is 0.306. The third kappa shape index (κ3) is 0.601. The van der Waals surface area contributed by atoms with Crippen molar-refractivity contribution in [2.75, 3.05) is 0 Å². The molecule has 1 heterocycles. The Kier molecular flexibility index (Phi) is 0.926. The summed E-state index contributed by atoms with van der Waals surface area (Å²) in [5.74, 6) is 0. The largest absolute Gasteiger partial charge is 0.233 e. The summed E-state index contributed by atoms with van der Waals surface area (Å²) in [6.45, 7) is 0. The van der Waals surface area contributed by atoms with Gasteiger partial charge in [-0.3, -0.25) is 0 Å². The number of aryl methyl sites for hydroxylation is 1. The van der Waals surface area contributed by atoms with Crippen molar-refractivity contribution in [2.45, 2.75) is 0 Å². The quantitative estimate of drug-likeness (QED) is 0.431. The molecule has 0 fully saturated rings. The molecule has 0 N–H and O–H groups in total. The zero-order chi connectivity index (χ0) is 4.41. The van der Waals surface area contributed by atoms with E-state index < -0.39 is 0 Å². The summed E-state index contributed by atoms with van der Waals surface area (Å²) >= 11 is 0. The summed E-state index contributed by atoms with van der Waals surface area (Å²) in [6, 6.07) is 3.81. The van der Waals surface area contributed by atoms with E-state index in [1.807, 2.05) is 12.1 Å². The highest BCUT2D eigenvalue weighted by molar-refractivity contribution is 7.25. The van der Waals surface area contributed by atoms with Gasteiger partial charge in [0, 0.05) is 12.1 Å². The average Bonchev–Trinajstić information content (AvgIpc) is 1.86. The van der Waals surface area contributed by atoms with Crippen LogP contribution in [0.1, 0.15) is 0 Å². The molecule has 0 aliphatic carbocycles. The first-order valence-corrected chi connectivity index (χ1v) is 3.36. The number of hydrogen-bond acceptors (Lipinski definition) is 0. The van der Waals surface area contributed by atoms with Crippen LogP contribution in [-0.2, 0) is 6.26 Å². The van der Waals surface area contributed by atoms with Gasteiger partial charge in [0.15, 0.2) is 0 Å². The van der Waals surface area contributed by atoms with Gasteiger partial charge in [-0.1, -0.05) is 0 Å². The first-order chi connectivity index (χ1) is 2.89. The lowest BCUT2D eigenvalue weighted by Crippen LogP contribution is -1.36. The Hall–Kier alpha value is -0.300. The molecule has 0 nitrogen and oxygen atoms in total. The second-order valence-electron chi connectivity index (χ2n) is 1.08. The number of thiophene rings is 1. The van der Waals surface area contributed by atoms with Gasteiger partial charge >= 0.3 is 0 Å². The molecule has 0 aromatic carbocycles. The normalized spacial score (nSPS) is 8.83. The lowest BCUT2D eigenvalue weighted by molar-refractivity contribution is 2.00. The van der Waals surface area contributed by atoms with Gasteiger partial charge in [0.05, 0.1) is 0 Å². The zero-order valence-corrected chi connectivity index (χ0v) is 4.38. The van der Waals surface area contributed by atoms with Crippen molar-refractivity contribution < 1.29 is 0 Å². The van der Waals surface area contributed by atoms with Crippen LogP contribution in [0.5, 0.6) is 0 Å². The zero-order valence-electron chi connectivity index (χ0n) is 3.56. The van der Waals surface area contributed by atoms with Gasteiger partial charge in [-0.25, -0.2) is 0 Å². The highest BCUT2D eigenvalue weighted by atomic mass is 32.2. The standard InChI is InChI=1S/C5H5S/c1-6-4-2-3-5-6/h2-3H,1H3/q+1. The van der Waals surface area contributed by atoms with Gasteiger partial charge in [0.1, 0.15) is 6.26 Å². The summed E-state index contributed by atoms with van der Waals surface area (Å²) in [4.78, 5) is 0. The van der Waals surface area contributed by atoms with Gasteiger partial charge < -0.3 is 0 Å². The number of rotatable bonds is 0. The minimum Gasteiger partial charge on any atom is -0.000178 e. The van der Waals surface area contributed by atoms with Crippen molar-refractivity contribution in [1.82, 2.24) is 0 Å². The Bertz CT molecular complexity index is 107. The van der Waals surface area contributed by atoms with Crippen molar-refractivity contribution in [3.63, 3.8) is 0 Å². The van der Waals surface area contributed by atoms with Crippen LogP contribution in [0.3, 0.4) is 0 Å². The molecule has 0 unspecified atom stereocenters. The van der Waals surface area contributed by atoms with E-state index in [1.54, 1.807) is 0 Å². The molecule has 0 amide bonds. The molecule has 1 aromatic heterocycles. The Morgan fingerprint density at radius 3 is 2.00 bits per heavy atom. The summed E-state index contributed by atoms with van der Waals surface area (Å²) in [7, 11) is 0.216. The van der Waals surface area contributed by atoms with E-state index in [1.165, 1.54) is 0 Å². The van der Waals surface area contributed by atoms with E-state index in [0.717, 1.165) is 0 Å². The fraction of sp³-hybridized carbons (Fsp3) is 0.200. The predicted molar refractivity (Wildman–Crippen MR) is 27.6 cm³/mol. The molecule has 0 aliphatic heterocycles. The SMILES string of the molecule is C[s+]1[c]cc[c]1. The van der Waals surface area contributed by atoms with Crippen molar-refractivity contribution >= 4 is 10.5 Å². The first kappa shape index (κ1) is 3.88. The van der Waals surface area contributed by atoms with Crippen molar-refractivity contribution in [1.29, 1.82) is 0 Å². The maximum atomic E-state index is 3.06. The fourth-order valence-corrected chi connectivity index (χ4v) is 0.919. The molecule has 0 saturated heterocycles. The minimum atomic E-state index is 0.216.